The first-order chi connectivity index (χ1) is 14.3. The predicted octanol–water partition coefficient (Wildman–Crippen LogP) is 1.87. The number of benzene rings is 1. The van der Waals surface area contributed by atoms with E-state index in [4.69, 9.17) is 4.74 Å². The largest absolute Gasteiger partial charge is 0.497 e. The van der Waals surface area contributed by atoms with Crippen molar-refractivity contribution in [3.8, 4) is 5.75 Å². The number of carbonyl (C=O) groups is 2. The highest BCUT2D eigenvalue weighted by Crippen LogP contribution is 2.61. The third kappa shape index (κ3) is 4.64. The number of anilines is 1. The molecule has 0 spiro atoms. The number of hydrogen-bond donors (Lipinski definition) is 3. The zero-order valence-electron chi connectivity index (χ0n) is 18.5. The van der Waals surface area contributed by atoms with Crippen LogP contribution >= 0.6 is 0 Å². The van der Waals surface area contributed by atoms with Crippen LogP contribution in [0.15, 0.2) is 24.3 Å². The summed E-state index contributed by atoms with van der Waals surface area (Å²) in [7, 11) is 3.50. The van der Waals surface area contributed by atoms with Crippen LogP contribution in [0.1, 0.15) is 45.4 Å². The Kier molecular flexibility index (Phi) is 6.05. The van der Waals surface area contributed by atoms with E-state index in [1.165, 1.54) is 38.5 Å². The first kappa shape index (κ1) is 21.2. The van der Waals surface area contributed by atoms with Crippen molar-refractivity contribution in [3.05, 3.63) is 24.3 Å². The number of methoxy groups -OCH3 is 1. The Labute approximate surface area is 179 Å². The molecule has 0 saturated heterocycles. The number of nitrogens with one attached hydrogen (secondary N) is 3. The maximum atomic E-state index is 12.7. The van der Waals surface area contributed by atoms with Crippen molar-refractivity contribution in [1.29, 1.82) is 0 Å². The highest BCUT2D eigenvalue weighted by atomic mass is 16.5. The van der Waals surface area contributed by atoms with Gasteiger partial charge in [-0.15, -0.1) is 0 Å². The van der Waals surface area contributed by atoms with E-state index in [9.17, 15) is 9.59 Å². The van der Waals surface area contributed by atoms with E-state index >= 15 is 0 Å². The number of quaternary nitrogens is 1. The van der Waals surface area contributed by atoms with Crippen molar-refractivity contribution in [1.82, 2.24) is 5.32 Å². The number of amides is 2. The lowest BCUT2D eigenvalue weighted by Crippen LogP contribution is -3.11. The maximum Gasteiger partial charge on any atom is 0.279 e. The molecule has 4 fully saturated rings. The normalized spacial score (nSPS) is 31.1. The van der Waals surface area contributed by atoms with Gasteiger partial charge in [0.05, 0.1) is 14.2 Å². The van der Waals surface area contributed by atoms with E-state index in [2.05, 4.69) is 17.6 Å². The second-order valence-electron chi connectivity index (χ2n) is 10.2. The standard InChI is InChI=1S/C24H35N3O3/c1-16(24-11-17-8-18(12-24)10-19(9-17)13-24)25-22(28)14-27(2)15-23(29)26-20-4-6-21(30-3)7-5-20/h4-7,16-19H,8-15H2,1-3H3,(H,25,28)(H,26,29)/p+1/t16-,17?,18?,19?,24?/m0/s1. The topological polar surface area (TPSA) is 71.9 Å². The van der Waals surface area contributed by atoms with Crippen LogP contribution in [-0.4, -0.2) is 45.1 Å². The summed E-state index contributed by atoms with van der Waals surface area (Å²) in [6.07, 6.45) is 8.09. The molecule has 0 heterocycles. The molecule has 5 rings (SSSR count). The van der Waals surface area contributed by atoms with Crippen LogP contribution < -0.4 is 20.3 Å². The van der Waals surface area contributed by atoms with Gasteiger partial charge in [0, 0.05) is 11.7 Å². The summed E-state index contributed by atoms with van der Waals surface area (Å²) in [6.45, 7) is 2.77. The number of ether oxygens (including phenoxy) is 1. The molecule has 6 nitrogen and oxygen atoms in total. The van der Waals surface area contributed by atoms with E-state index in [1.54, 1.807) is 7.11 Å². The van der Waals surface area contributed by atoms with Crippen molar-refractivity contribution < 1.29 is 19.2 Å². The molecule has 4 saturated carbocycles. The summed E-state index contributed by atoms with van der Waals surface area (Å²) in [5, 5.41) is 6.18. The summed E-state index contributed by atoms with van der Waals surface area (Å²) in [6, 6.07) is 7.47. The minimum absolute atomic E-state index is 0.0491. The maximum absolute atomic E-state index is 12.7. The molecule has 4 aliphatic carbocycles. The van der Waals surface area contributed by atoms with Crippen molar-refractivity contribution in [2.75, 3.05) is 32.6 Å². The first-order valence-corrected chi connectivity index (χ1v) is 11.4. The van der Waals surface area contributed by atoms with Crippen LogP contribution in [0.2, 0.25) is 0 Å². The first-order valence-electron chi connectivity index (χ1n) is 11.4. The summed E-state index contributed by atoms with van der Waals surface area (Å²) in [5.41, 5.74) is 1.04. The average molecular weight is 415 g/mol. The SMILES string of the molecule is COc1ccc(NC(=O)C[NH+](C)CC(=O)N[C@@H](C)C23CC4CC(CC(C4)C2)C3)cc1. The van der Waals surface area contributed by atoms with Gasteiger partial charge >= 0.3 is 0 Å². The minimum atomic E-state index is -0.0976. The third-order valence-electron chi connectivity index (χ3n) is 7.68. The lowest BCUT2D eigenvalue weighted by molar-refractivity contribution is -0.862. The molecule has 4 bridgehead atoms. The Balaban J connectivity index is 1.24. The van der Waals surface area contributed by atoms with Crippen LogP contribution in [-0.2, 0) is 9.59 Å². The second-order valence-corrected chi connectivity index (χ2v) is 10.2. The van der Waals surface area contributed by atoms with Gasteiger partial charge in [-0.3, -0.25) is 9.59 Å². The number of hydrogen-bond acceptors (Lipinski definition) is 3. The minimum Gasteiger partial charge on any atom is -0.497 e. The monoisotopic (exact) mass is 414 g/mol. The molecule has 164 valence electrons. The van der Waals surface area contributed by atoms with Gasteiger partial charge < -0.3 is 20.3 Å². The van der Waals surface area contributed by atoms with E-state index in [0.29, 0.717) is 12.0 Å². The van der Waals surface area contributed by atoms with Crippen LogP contribution in [0.5, 0.6) is 5.75 Å². The number of rotatable bonds is 8. The Bertz CT molecular complexity index is 741. The fourth-order valence-electron chi connectivity index (χ4n) is 6.64. The summed E-state index contributed by atoms with van der Waals surface area (Å²) in [5.74, 6) is 3.34. The van der Waals surface area contributed by atoms with E-state index in [0.717, 1.165) is 34.1 Å². The van der Waals surface area contributed by atoms with Crippen molar-refractivity contribution in [2.24, 2.45) is 23.2 Å². The van der Waals surface area contributed by atoms with Crippen LogP contribution in [0.25, 0.3) is 0 Å². The lowest BCUT2D eigenvalue weighted by Gasteiger charge is -2.59. The molecular formula is C24H36N3O3+. The highest BCUT2D eigenvalue weighted by Gasteiger charge is 2.53. The van der Waals surface area contributed by atoms with Gasteiger partial charge in [0.25, 0.3) is 11.8 Å². The Hall–Kier alpha value is -2.08. The molecule has 1 aromatic carbocycles. The Morgan fingerprint density at radius 1 is 1.03 bits per heavy atom. The van der Waals surface area contributed by atoms with E-state index in [-0.39, 0.29) is 24.4 Å². The molecule has 1 unspecified atom stereocenters. The molecular weight excluding hydrogens is 378 g/mol. The molecule has 4 aliphatic rings. The zero-order chi connectivity index (χ0) is 21.3. The smallest absolute Gasteiger partial charge is 0.279 e. The molecule has 2 atom stereocenters. The lowest BCUT2D eigenvalue weighted by atomic mass is 9.48. The number of likely N-dealkylation sites (N-methyl/N-ethyl adjacent to an activating group) is 1. The van der Waals surface area contributed by atoms with Gasteiger partial charge in [-0.2, -0.15) is 0 Å². The van der Waals surface area contributed by atoms with Crippen molar-refractivity contribution in [3.63, 3.8) is 0 Å². The highest BCUT2D eigenvalue weighted by molar-refractivity contribution is 5.91. The quantitative estimate of drug-likeness (QED) is 0.608. The second kappa shape index (κ2) is 8.58. The Morgan fingerprint density at radius 3 is 2.10 bits per heavy atom. The molecule has 0 aromatic heterocycles. The molecule has 0 aliphatic heterocycles. The Morgan fingerprint density at radius 2 is 1.57 bits per heavy atom. The average Bonchev–Trinajstić information content (AvgIpc) is 2.67. The number of carbonyl (C=O) groups excluding carboxylic acids is 2. The molecule has 2 amide bonds. The van der Waals surface area contributed by atoms with Gasteiger partial charge in [-0.05, 0) is 92.9 Å². The summed E-state index contributed by atoms with van der Waals surface area (Å²) in [4.78, 5) is 25.9. The zero-order valence-corrected chi connectivity index (χ0v) is 18.5. The van der Waals surface area contributed by atoms with E-state index < -0.39 is 0 Å². The van der Waals surface area contributed by atoms with Gasteiger partial charge in [-0.25, -0.2) is 0 Å². The molecule has 1 aromatic rings. The van der Waals surface area contributed by atoms with Crippen molar-refractivity contribution in [2.45, 2.75) is 51.5 Å². The van der Waals surface area contributed by atoms with Gasteiger partial charge in [-0.1, -0.05) is 0 Å². The van der Waals surface area contributed by atoms with Gasteiger partial charge in [0.15, 0.2) is 13.1 Å². The molecule has 6 heteroatoms. The van der Waals surface area contributed by atoms with Gasteiger partial charge in [0.1, 0.15) is 5.75 Å². The van der Waals surface area contributed by atoms with E-state index in [1.807, 2.05) is 31.3 Å². The van der Waals surface area contributed by atoms with Crippen LogP contribution in [0.3, 0.4) is 0 Å². The third-order valence-corrected chi connectivity index (χ3v) is 7.68. The predicted molar refractivity (Wildman–Crippen MR) is 116 cm³/mol. The molecule has 0 radical (unpaired) electrons. The summed E-state index contributed by atoms with van der Waals surface area (Å²) < 4.78 is 5.13. The van der Waals surface area contributed by atoms with Crippen LogP contribution in [0, 0.1) is 23.2 Å². The van der Waals surface area contributed by atoms with Crippen molar-refractivity contribution >= 4 is 17.5 Å². The van der Waals surface area contributed by atoms with Gasteiger partial charge in [0.2, 0.25) is 0 Å². The summed E-state index contributed by atoms with van der Waals surface area (Å²) >= 11 is 0. The van der Waals surface area contributed by atoms with Crippen LogP contribution in [0.4, 0.5) is 5.69 Å². The fraction of sp³-hybridized carbons (Fsp3) is 0.667. The molecule has 3 N–H and O–H groups in total. The fourth-order valence-corrected chi connectivity index (χ4v) is 6.64. The molecule has 30 heavy (non-hydrogen) atoms.